The van der Waals surface area contributed by atoms with Crippen molar-refractivity contribution in [2.24, 2.45) is 0 Å². The molecule has 0 amide bonds. The molecule has 40 heavy (non-hydrogen) atoms. The van der Waals surface area contributed by atoms with E-state index in [1.165, 1.54) is 66.9 Å². The summed E-state index contributed by atoms with van der Waals surface area (Å²) in [6.45, 7) is 3.68. The maximum Gasteiger partial charge on any atom is 0.377 e. The molecule has 14 heteroatoms. The number of hydrogen-bond donors (Lipinski definition) is 0. The second-order valence-electron chi connectivity index (χ2n) is 7.26. The second kappa shape index (κ2) is 16.9. The first kappa shape index (κ1) is 32.2. The molecule has 0 atom stereocenters. The van der Waals surface area contributed by atoms with Gasteiger partial charge in [0, 0.05) is 30.9 Å². The zero-order chi connectivity index (χ0) is 29.5. The highest BCUT2D eigenvalue weighted by Gasteiger charge is 2.26. The van der Waals surface area contributed by atoms with Crippen LogP contribution in [0.1, 0.15) is 20.7 Å². The molecule has 0 aromatic heterocycles. The van der Waals surface area contributed by atoms with Gasteiger partial charge in [0.2, 0.25) is 0 Å². The molecular formula is C26H32O14. The molecule has 0 bridgehead atoms. The first-order valence-electron chi connectivity index (χ1n) is 11.5. The molecule has 0 unspecified atom stereocenters. The third kappa shape index (κ3) is 8.77. The van der Waals surface area contributed by atoms with Gasteiger partial charge in [0.25, 0.3) is 0 Å². The lowest BCUT2D eigenvalue weighted by Crippen LogP contribution is -2.21. The Morgan fingerprint density at radius 2 is 0.925 bits per heavy atom. The Kier molecular flexibility index (Phi) is 13.6. The number of ether oxygens (including phenoxy) is 8. The smallest absolute Gasteiger partial charge is 0.377 e. The van der Waals surface area contributed by atoms with Crippen molar-refractivity contribution < 1.29 is 67.0 Å². The van der Waals surface area contributed by atoms with Crippen molar-refractivity contribution in [2.45, 2.75) is 0 Å². The van der Waals surface area contributed by atoms with E-state index in [-0.39, 0.29) is 53.9 Å². The third-order valence-corrected chi connectivity index (χ3v) is 5.01. The van der Waals surface area contributed by atoms with E-state index >= 15 is 0 Å². The minimum absolute atomic E-state index is 0.0590. The van der Waals surface area contributed by atoms with Gasteiger partial charge < -0.3 is 37.9 Å². The first-order valence-corrected chi connectivity index (χ1v) is 11.5. The fraction of sp³-hybridized carbons (Fsp3) is 0.385. The van der Waals surface area contributed by atoms with Crippen molar-refractivity contribution in [1.29, 1.82) is 0 Å². The number of benzene rings is 2. The number of methoxy groups -OCH3 is 6. The van der Waals surface area contributed by atoms with Gasteiger partial charge in [-0.1, -0.05) is 0 Å². The lowest BCUT2D eigenvalue weighted by atomic mass is 10.1. The minimum Gasteiger partial charge on any atom is -0.496 e. The Bertz CT molecular complexity index is 1020. The molecule has 0 aliphatic carbocycles. The molecule has 2 aromatic carbocycles. The fourth-order valence-electron chi connectivity index (χ4n) is 3.07. The quantitative estimate of drug-likeness (QED) is 0.147. The first-order chi connectivity index (χ1) is 19.4. The minimum atomic E-state index is -0.993. The van der Waals surface area contributed by atoms with Crippen molar-refractivity contribution in [1.82, 2.24) is 0 Å². The van der Waals surface area contributed by atoms with Crippen molar-refractivity contribution in [2.75, 3.05) is 69.1 Å². The van der Waals surface area contributed by atoms with E-state index in [2.05, 4.69) is 6.92 Å². The monoisotopic (exact) mass is 568 g/mol. The molecule has 0 saturated heterocycles. The highest BCUT2D eigenvalue weighted by Crippen LogP contribution is 2.36. The SMILES string of the molecule is [CH2]COCCOC[C](OOC(=O)c1cc(OC)c(OC)cc1OC)OOC(=O)c1cc(OC)c(OC)cc1OC. The molecule has 2 rings (SSSR count). The van der Waals surface area contributed by atoms with E-state index < -0.39 is 24.8 Å². The Balaban J connectivity index is 2.16. The largest absolute Gasteiger partial charge is 0.496 e. The zero-order valence-corrected chi connectivity index (χ0v) is 23.1. The summed E-state index contributed by atoms with van der Waals surface area (Å²) in [4.78, 5) is 45.3. The van der Waals surface area contributed by atoms with Crippen LogP contribution in [0, 0.1) is 13.2 Å². The maximum atomic E-state index is 12.8. The van der Waals surface area contributed by atoms with Crippen molar-refractivity contribution >= 4 is 11.9 Å². The molecule has 0 heterocycles. The van der Waals surface area contributed by atoms with E-state index in [4.69, 9.17) is 57.4 Å². The van der Waals surface area contributed by atoms with Crippen molar-refractivity contribution in [3.8, 4) is 34.5 Å². The molecule has 220 valence electrons. The normalized spacial score (nSPS) is 10.6. The van der Waals surface area contributed by atoms with Crippen molar-refractivity contribution in [3.63, 3.8) is 0 Å². The summed E-state index contributed by atoms with van der Waals surface area (Å²) in [5.41, 5.74) is -0.118. The number of rotatable bonds is 18. The Morgan fingerprint density at radius 3 is 1.30 bits per heavy atom. The van der Waals surface area contributed by atoms with Crippen LogP contribution in [0.15, 0.2) is 24.3 Å². The predicted molar refractivity (Wildman–Crippen MR) is 135 cm³/mol. The number of carbonyl (C=O) groups excluding carboxylic acids is 2. The van der Waals surface area contributed by atoms with Crippen LogP contribution in [0.4, 0.5) is 0 Å². The van der Waals surface area contributed by atoms with E-state index in [1.54, 1.807) is 0 Å². The van der Waals surface area contributed by atoms with Gasteiger partial charge in [-0.2, -0.15) is 0 Å². The Labute approximate surface area is 231 Å². The predicted octanol–water partition coefficient (Wildman–Crippen LogP) is 2.97. The second-order valence-corrected chi connectivity index (χ2v) is 7.26. The van der Waals surface area contributed by atoms with Gasteiger partial charge >= 0.3 is 18.2 Å². The summed E-state index contributed by atoms with van der Waals surface area (Å²) >= 11 is 0. The zero-order valence-electron chi connectivity index (χ0n) is 23.1. The average Bonchev–Trinajstić information content (AvgIpc) is 2.99. The summed E-state index contributed by atoms with van der Waals surface area (Å²) < 4.78 is 41.7. The molecule has 0 N–H and O–H groups in total. The van der Waals surface area contributed by atoms with Crippen molar-refractivity contribution in [3.05, 3.63) is 48.6 Å². The van der Waals surface area contributed by atoms with E-state index in [0.717, 1.165) is 0 Å². The Hall–Kier alpha value is -3.98. The lowest BCUT2D eigenvalue weighted by molar-refractivity contribution is -0.368. The van der Waals surface area contributed by atoms with Gasteiger partial charge in [0.15, 0.2) is 23.0 Å². The highest BCUT2D eigenvalue weighted by molar-refractivity contribution is 5.94. The van der Waals surface area contributed by atoms with Gasteiger partial charge in [-0.25, -0.2) is 9.59 Å². The topological polar surface area (TPSA) is 145 Å². The summed E-state index contributed by atoms with van der Waals surface area (Å²) in [6, 6.07) is 5.53. The Morgan fingerprint density at radius 1 is 0.550 bits per heavy atom. The lowest BCUT2D eigenvalue weighted by Gasteiger charge is -2.16. The van der Waals surface area contributed by atoms with Gasteiger partial charge in [-0.15, -0.1) is 9.78 Å². The summed E-state index contributed by atoms with van der Waals surface area (Å²) in [6.07, 6.45) is -0.532. The molecular weight excluding hydrogens is 536 g/mol. The van der Waals surface area contributed by atoms with Crippen LogP contribution in [0.25, 0.3) is 0 Å². The van der Waals surface area contributed by atoms with Crippen LogP contribution >= 0.6 is 0 Å². The van der Waals surface area contributed by atoms with Crippen LogP contribution in [0.2, 0.25) is 0 Å². The maximum absolute atomic E-state index is 12.8. The highest BCUT2D eigenvalue weighted by atomic mass is 17.3. The van der Waals surface area contributed by atoms with Crippen LogP contribution in [0.5, 0.6) is 34.5 Å². The summed E-state index contributed by atoms with van der Waals surface area (Å²) in [5, 5.41) is 0. The average molecular weight is 569 g/mol. The van der Waals surface area contributed by atoms with Gasteiger partial charge in [0.05, 0.1) is 55.9 Å². The summed E-state index contributed by atoms with van der Waals surface area (Å²) in [5.74, 6) is -0.640. The third-order valence-electron chi connectivity index (χ3n) is 5.01. The van der Waals surface area contributed by atoms with Crippen LogP contribution in [-0.2, 0) is 29.0 Å². The van der Waals surface area contributed by atoms with E-state index in [0.29, 0.717) is 11.5 Å². The standard InChI is InChI=1S/C26H32O14/c1-8-35-9-10-36-15-24(37-39-25(27)16-11-20(31-4)22(33-6)13-18(16)29-2)38-40-26(28)17-12-21(32-5)23(34-7)14-19(17)30-3/h11-14H,1,8-10,15H2,2-7H3. The molecule has 0 aliphatic heterocycles. The number of hydrogen-bond acceptors (Lipinski definition) is 14. The molecule has 14 nitrogen and oxygen atoms in total. The fourth-order valence-corrected chi connectivity index (χ4v) is 3.07. The van der Waals surface area contributed by atoms with Crippen LogP contribution in [-0.4, -0.2) is 81.0 Å². The molecule has 2 aromatic rings. The number of carbonyl (C=O) groups is 2. The van der Waals surface area contributed by atoms with E-state index in [1.807, 2.05) is 0 Å². The van der Waals surface area contributed by atoms with Gasteiger partial charge in [0.1, 0.15) is 29.2 Å². The van der Waals surface area contributed by atoms with Gasteiger partial charge in [-0.05, 0) is 6.92 Å². The van der Waals surface area contributed by atoms with Gasteiger partial charge in [-0.3, -0.25) is 9.78 Å². The molecule has 2 radical (unpaired) electrons. The molecule has 0 spiro atoms. The molecule has 0 fully saturated rings. The van der Waals surface area contributed by atoms with Crippen LogP contribution in [0.3, 0.4) is 0 Å². The molecule has 0 saturated carbocycles. The summed E-state index contributed by atoms with van der Waals surface area (Å²) in [7, 11) is 8.35. The molecule has 0 aliphatic rings. The van der Waals surface area contributed by atoms with E-state index in [9.17, 15) is 9.59 Å². The van der Waals surface area contributed by atoms with Crippen LogP contribution < -0.4 is 28.4 Å².